The molecule has 1 aliphatic heterocycles. The molecule has 0 radical (unpaired) electrons. The van der Waals surface area contributed by atoms with E-state index in [1.165, 1.54) is 0 Å². The molecule has 1 saturated heterocycles. The maximum absolute atomic E-state index is 11.2. The summed E-state index contributed by atoms with van der Waals surface area (Å²) in [5.74, 6) is -0.564. The second-order valence-corrected chi connectivity index (χ2v) is 3.33. The van der Waals surface area contributed by atoms with Gasteiger partial charge in [-0.2, -0.15) is 0 Å². The molecule has 0 aromatic carbocycles. The molecule has 1 fully saturated rings. The summed E-state index contributed by atoms with van der Waals surface area (Å²) in [4.78, 5) is 34.6. The van der Waals surface area contributed by atoms with Gasteiger partial charge in [-0.05, 0) is 0 Å². The van der Waals surface area contributed by atoms with Gasteiger partial charge in [-0.15, -0.1) is 0 Å². The average molecular weight is 213 g/mol. The molecule has 1 heterocycles. The number of amides is 3. The van der Waals surface area contributed by atoms with Gasteiger partial charge in [0.05, 0.1) is 0 Å². The molecule has 1 rings (SSSR count). The molecular weight excluding hydrogens is 198 g/mol. The standard InChI is InChI=1S/C9H15N3O3/c10-4-5-11-7(13)3-6-12-8(14)1-2-9(12)15/h1-6,10H2,(H,11,13). The minimum absolute atomic E-state index is 0.150. The van der Waals surface area contributed by atoms with Gasteiger partial charge < -0.3 is 11.1 Å². The summed E-state index contributed by atoms with van der Waals surface area (Å²) in [6.07, 6.45) is 0.685. The summed E-state index contributed by atoms with van der Waals surface area (Å²) in [7, 11) is 0. The number of nitrogens with zero attached hydrogens (tertiary/aromatic N) is 1. The van der Waals surface area contributed by atoms with Crippen LogP contribution < -0.4 is 11.1 Å². The quantitative estimate of drug-likeness (QED) is 0.549. The molecule has 0 saturated carbocycles. The van der Waals surface area contributed by atoms with E-state index < -0.39 is 0 Å². The molecule has 0 aromatic heterocycles. The van der Waals surface area contributed by atoms with E-state index in [9.17, 15) is 14.4 Å². The van der Waals surface area contributed by atoms with Crippen LogP contribution in [0.2, 0.25) is 0 Å². The van der Waals surface area contributed by atoms with Crippen molar-refractivity contribution in [2.24, 2.45) is 5.73 Å². The Labute approximate surface area is 87.8 Å². The lowest BCUT2D eigenvalue weighted by Crippen LogP contribution is -2.35. The molecule has 0 aromatic rings. The van der Waals surface area contributed by atoms with Gasteiger partial charge in [-0.3, -0.25) is 19.3 Å². The summed E-state index contributed by atoms with van der Waals surface area (Å²) in [6.45, 7) is 0.974. The van der Waals surface area contributed by atoms with Crippen LogP contribution in [0, 0.1) is 0 Å². The highest BCUT2D eigenvalue weighted by atomic mass is 16.2. The first-order valence-corrected chi connectivity index (χ1v) is 4.95. The van der Waals surface area contributed by atoms with Crippen molar-refractivity contribution in [1.29, 1.82) is 0 Å². The lowest BCUT2D eigenvalue weighted by molar-refractivity contribution is -0.138. The number of carbonyl (C=O) groups excluding carboxylic acids is 3. The van der Waals surface area contributed by atoms with Crippen LogP contribution in [0.3, 0.4) is 0 Å². The summed E-state index contributed by atoms with van der Waals surface area (Å²) in [5.41, 5.74) is 5.21. The number of carbonyl (C=O) groups is 3. The predicted molar refractivity (Wildman–Crippen MR) is 52.6 cm³/mol. The SMILES string of the molecule is NCCNC(=O)CCN1C(=O)CCC1=O. The second kappa shape index (κ2) is 5.45. The van der Waals surface area contributed by atoms with E-state index in [0.717, 1.165) is 4.90 Å². The molecule has 6 heteroatoms. The monoisotopic (exact) mass is 213 g/mol. The lowest BCUT2D eigenvalue weighted by Gasteiger charge is -2.12. The zero-order chi connectivity index (χ0) is 11.3. The Kier molecular flexibility index (Phi) is 4.23. The number of hydrogen-bond donors (Lipinski definition) is 2. The number of likely N-dealkylation sites (tertiary alicyclic amines) is 1. The molecule has 3 amide bonds. The fourth-order valence-electron chi connectivity index (χ4n) is 1.39. The van der Waals surface area contributed by atoms with Crippen LogP contribution in [-0.4, -0.2) is 42.3 Å². The third kappa shape index (κ3) is 3.32. The van der Waals surface area contributed by atoms with Crippen LogP contribution in [0.1, 0.15) is 19.3 Å². The number of rotatable bonds is 5. The number of hydrogen-bond acceptors (Lipinski definition) is 4. The number of nitrogens with one attached hydrogen (secondary N) is 1. The molecule has 0 aliphatic carbocycles. The van der Waals surface area contributed by atoms with Gasteiger partial charge >= 0.3 is 0 Å². The van der Waals surface area contributed by atoms with Crippen LogP contribution in [0.5, 0.6) is 0 Å². The molecule has 84 valence electrons. The molecule has 15 heavy (non-hydrogen) atoms. The summed E-state index contributed by atoms with van der Waals surface area (Å²) >= 11 is 0. The minimum Gasteiger partial charge on any atom is -0.355 e. The van der Waals surface area contributed by atoms with Gasteiger partial charge in [0.15, 0.2) is 0 Å². The molecule has 1 aliphatic rings. The smallest absolute Gasteiger partial charge is 0.229 e. The van der Waals surface area contributed by atoms with E-state index in [1.54, 1.807) is 0 Å². The van der Waals surface area contributed by atoms with E-state index >= 15 is 0 Å². The Hall–Kier alpha value is -1.43. The van der Waals surface area contributed by atoms with Gasteiger partial charge in [0, 0.05) is 38.9 Å². The van der Waals surface area contributed by atoms with Crippen LogP contribution >= 0.6 is 0 Å². The maximum atomic E-state index is 11.2. The van der Waals surface area contributed by atoms with Crippen molar-refractivity contribution in [3.8, 4) is 0 Å². The first kappa shape index (κ1) is 11.6. The topological polar surface area (TPSA) is 92.5 Å². The van der Waals surface area contributed by atoms with Crippen molar-refractivity contribution >= 4 is 17.7 Å². The molecule has 0 atom stereocenters. The van der Waals surface area contributed by atoms with Gasteiger partial charge in [0.1, 0.15) is 0 Å². The Morgan fingerprint density at radius 1 is 1.33 bits per heavy atom. The molecule has 6 nitrogen and oxygen atoms in total. The fraction of sp³-hybridized carbons (Fsp3) is 0.667. The summed E-state index contributed by atoms with van der Waals surface area (Å²) in [5, 5.41) is 2.57. The zero-order valence-corrected chi connectivity index (χ0v) is 8.49. The van der Waals surface area contributed by atoms with E-state index in [1.807, 2.05) is 0 Å². The predicted octanol–water partition coefficient (Wildman–Crippen LogP) is -1.40. The lowest BCUT2D eigenvalue weighted by atomic mass is 10.3. The van der Waals surface area contributed by atoms with Crippen molar-refractivity contribution < 1.29 is 14.4 Å². The maximum Gasteiger partial charge on any atom is 0.229 e. The zero-order valence-electron chi connectivity index (χ0n) is 8.49. The van der Waals surface area contributed by atoms with Crippen LogP contribution in [0.25, 0.3) is 0 Å². The van der Waals surface area contributed by atoms with Crippen LogP contribution in [-0.2, 0) is 14.4 Å². The number of imide groups is 1. The molecular formula is C9H15N3O3. The molecule has 3 N–H and O–H groups in total. The Balaban J connectivity index is 2.27. The first-order chi connectivity index (χ1) is 7.15. The third-order valence-corrected chi connectivity index (χ3v) is 2.18. The van der Waals surface area contributed by atoms with Gasteiger partial charge in [-0.25, -0.2) is 0 Å². The van der Waals surface area contributed by atoms with Crippen LogP contribution in [0.15, 0.2) is 0 Å². The molecule has 0 bridgehead atoms. The Morgan fingerprint density at radius 2 is 1.93 bits per heavy atom. The van der Waals surface area contributed by atoms with Gasteiger partial charge in [-0.1, -0.05) is 0 Å². The molecule has 0 spiro atoms. The van der Waals surface area contributed by atoms with Crippen molar-refractivity contribution in [2.75, 3.05) is 19.6 Å². The van der Waals surface area contributed by atoms with Crippen molar-refractivity contribution in [2.45, 2.75) is 19.3 Å². The third-order valence-electron chi connectivity index (χ3n) is 2.18. The largest absolute Gasteiger partial charge is 0.355 e. The Bertz CT molecular complexity index is 262. The normalized spacial score (nSPS) is 15.9. The highest BCUT2D eigenvalue weighted by Gasteiger charge is 2.28. The van der Waals surface area contributed by atoms with Crippen LogP contribution in [0.4, 0.5) is 0 Å². The van der Waals surface area contributed by atoms with Crippen molar-refractivity contribution in [1.82, 2.24) is 10.2 Å². The van der Waals surface area contributed by atoms with E-state index in [-0.39, 0.29) is 43.5 Å². The minimum atomic E-state index is -0.188. The van der Waals surface area contributed by atoms with Crippen molar-refractivity contribution in [3.05, 3.63) is 0 Å². The fourth-order valence-corrected chi connectivity index (χ4v) is 1.39. The van der Waals surface area contributed by atoms with E-state index in [2.05, 4.69) is 5.32 Å². The van der Waals surface area contributed by atoms with Crippen molar-refractivity contribution in [3.63, 3.8) is 0 Å². The summed E-state index contributed by atoms with van der Waals surface area (Å²) in [6, 6.07) is 0. The van der Waals surface area contributed by atoms with E-state index in [0.29, 0.717) is 13.1 Å². The highest BCUT2D eigenvalue weighted by molar-refractivity contribution is 6.02. The van der Waals surface area contributed by atoms with Gasteiger partial charge in [0.25, 0.3) is 0 Å². The number of nitrogens with two attached hydrogens (primary N) is 1. The van der Waals surface area contributed by atoms with E-state index in [4.69, 9.17) is 5.73 Å². The average Bonchev–Trinajstić information content (AvgIpc) is 2.53. The van der Waals surface area contributed by atoms with Gasteiger partial charge in [0.2, 0.25) is 17.7 Å². The first-order valence-electron chi connectivity index (χ1n) is 4.95. The summed E-state index contributed by atoms with van der Waals surface area (Å²) < 4.78 is 0. The highest BCUT2D eigenvalue weighted by Crippen LogP contribution is 2.11. The Morgan fingerprint density at radius 3 is 2.47 bits per heavy atom. The second-order valence-electron chi connectivity index (χ2n) is 3.33. The molecule has 0 unspecified atom stereocenters.